The summed E-state index contributed by atoms with van der Waals surface area (Å²) in [4.78, 5) is 2.55. The Kier molecular flexibility index (Phi) is 6.96. The van der Waals surface area contributed by atoms with E-state index >= 15 is 0 Å². The first-order valence-corrected chi connectivity index (χ1v) is 8.27. The molecule has 0 unspecified atom stereocenters. The van der Waals surface area contributed by atoms with E-state index in [1.165, 1.54) is 32.4 Å². The van der Waals surface area contributed by atoms with E-state index in [1.54, 1.807) is 0 Å². The highest BCUT2D eigenvalue weighted by atomic mass is 16.5. The fraction of sp³-hybridized carbons (Fsp3) is 1.00. The van der Waals surface area contributed by atoms with Crippen molar-refractivity contribution in [2.75, 3.05) is 32.8 Å². The molecule has 0 spiro atoms. The first-order chi connectivity index (χ1) is 9.16. The van der Waals surface area contributed by atoms with Crippen LogP contribution in [0.5, 0.6) is 0 Å². The average molecular weight is 284 g/mol. The van der Waals surface area contributed by atoms with Gasteiger partial charge < -0.3 is 15.0 Å². The van der Waals surface area contributed by atoms with Crippen molar-refractivity contribution >= 4 is 0 Å². The molecule has 0 radical (unpaired) electrons. The lowest BCUT2D eigenvalue weighted by Crippen LogP contribution is -2.40. The third-order valence-corrected chi connectivity index (χ3v) is 3.86. The molecule has 0 aromatic rings. The van der Waals surface area contributed by atoms with Crippen LogP contribution >= 0.6 is 0 Å². The second kappa shape index (κ2) is 7.77. The summed E-state index contributed by atoms with van der Waals surface area (Å²) in [7, 11) is 0. The van der Waals surface area contributed by atoms with Gasteiger partial charge in [0.05, 0.1) is 12.2 Å². The van der Waals surface area contributed by atoms with Crippen LogP contribution in [0, 0.1) is 5.92 Å². The number of nitrogens with one attached hydrogen (secondary N) is 1. The molecule has 0 saturated carbocycles. The molecule has 3 heteroatoms. The van der Waals surface area contributed by atoms with Crippen molar-refractivity contribution < 1.29 is 4.74 Å². The van der Waals surface area contributed by atoms with Gasteiger partial charge in [0, 0.05) is 12.1 Å². The maximum atomic E-state index is 5.81. The molecule has 1 N–H and O–H groups in total. The van der Waals surface area contributed by atoms with E-state index in [9.17, 15) is 0 Å². The van der Waals surface area contributed by atoms with Crippen molar-refractivity contribution in [2.45, 2.75) is 71.9 Å². The number of ether oxygens (including phenoxy) is 1. The average Bonchev–Trinajstić information content (AvgIpc) is 2.28. The standard InChI is InChI=1S/C17H36N2O/c1-16(2,3)18-10-7-15-8-11-19(12-9-15)13-14-20-17(4,5)6/h15,18H,7-14H2,1-6H3. The number of likely N-dealkylation sites (tertiary alicyclic amines) is 1. The topological polar surface area (TPSA) is 24.5 Å². The zero-order chi connectivity index (χ0) is 15.2. The van der Waals surface area contributed by atoms with Gasteiger partial charge in [-0.15, -0.1) is 0 Å². The molecule has 120 valence electrons. The van der Waals surface area contributed by atoms with Crippen molar-refractivity contribution in [1.29, 1.82) is 0 Å². The molecule has 0 amide bonds. The van der Waals surface area contributed by atoms with Gasteiger partial charge >= 0.3 is 0 Å². The van der Waals surface area contributed by atoms with Crippen LogP contribution in [0.15, 0.2) is 0 Å². The van der Waals surface area contributed by atoms with Crippen molar-refractivity contribution in [3.8, 4) is 0 Å². The molecule has 1 saturated heterocycles. The molecule has 0 aromatic carbocycles. The molecule has 0 bridgehead atoms. The SMILES string of the molecule is CC(C)(C)NCCC1CCN(CCOC(C)(C)C)CC1. The minimum Gasteiger partial charge on any atom is -0.375 e. The monoisotopic (exact) mass is 284 g/mol. The molecule has 1 aliphatic rings. The van der Waals surface area contributed by atoms with E-state index in [-0.39, 0.29) is 11.1 Å². The van der Waals surface area contributed by atoms with E-state index in [0.717, 1.165) is 25.6 Å². The van der Waals surface area contributed by atoms with Crippen LogP contribution in [-0.2, 0) is 4.74 Å². The number of hydrogen-bond donors (Lipinski definition) is 1. The maximum Gasteiger partial charge on any atom is 0.0600 e. The summed E-state index contributed by atoms with van der Waals surface area (Å²) in [6, 6.07) is 0. The molecular weight excluding hydrogens is 248 g/mol. The molecule has 20 heavy (non-hydrogen) atoms. The lowest BCUT2D eigenvalue weighted by Gasteiger charge is -2.33. The van der Waals surface area contributed by atoms with Gasteiger partial charge in [0.1, 0.15) is 0 Å². The summed E-state index contributed by atoms with van der Waals surface area (Å²) in [5.74, 6) is 0.907. The molecule has 1 rings (SSSR count). The minimum atomic E-state index is -0.00303. The van der Waals surface area contributed by atoms with Crippen molar-refractivity contribution in [1.82, 2.24) is 10.2 Å². The highest BCUT2D eigenvalue weighted by Gasteiger charge is 2.20. The van der Waals surface area contributed by atoms with Gasteiger partial charge in [0.25, 0.3) is 0 Å². The number of rotatable bonds is 6. The Balaban J connectivity index is 2.08. The van der Waals surface area contributed by atoms with Crippen LogP contribution in [0.3, 0.4) is 0 Å². The van der Waals surface area contributed by atoms with Crippen LogP contribution in [0.1, 0.15) is 60.8 Å². The quantitative estimate of drug-likeness (QED) is 0.810. The summed E-state index contributed by atoms with van der Waals surface area (Å²) >= 11 is 0. The number of piperidine rings is 1. The van der Waals surface area contributed by atoms with Gasteiger partial charge in [-0.2, -0.15) is 0 Å². The van der Waals surface area contributed by atoms with Crippen LogP contribution < -0.4 is 5.32 Å². The Bertz CT molecular complexity index is 229. The summed E-state index contributed by atoms with van der Waals surface area (Å²) in [5, 5.41) is 3.60. The first kappa shape index (κ1) is 17.9. The van der Waals surface area contributed by atoms with E-state index in [2.05, 4.69) is 51.8 Å². The van der Waals surface area contributed by atoms with Crippen molar-refractivity contribution in [2.24, 2.45) is 5.92 Å². The molecular formula is C17H36N2O. The molecule has 1 heterocycles. The highest BCUT2D eigenvalue weighted by Crippen LogP contribution is 2.20. The lowest BCUT2D eigenvalue weighted by atomic mass is 9.93. The summed E-state index contributed by atoms with van der Waals surface area (Å²) in [6.07, 6.45) is 4.02. The third kappa shape index (κ3) is 8.93. The Morgan fingerprint density at radius 3 is 2.15 bits per heavy atom. The summed E-state index contributed by atoms with van der Waals surface area (Å²) in [6.45, 7) is 18.7. The molecule has 3 nitrogen and oxygen atoms in total. The van der Waals surface area contributed by atoms with Gasteiger partial charge in [0.2, 0.25) is 0 Å². The fourth-order valence-corrected chi connectivity index (χ4v) is 2.63. The van der Waals surface area contributed by atoms with Gasteiger partial charge in [-0.3, -0.25) is 0 Å². The minimum absolute atomic E-state index is 0.00303. The second-order valence-electron chi connectivity index (χ2n) is 8.21. The molecule has 1 aliphatic heterocycles. The van der Waals surface area contributed by atoms with Gasteiger partial charge in [-0.25, -0.2) is 0 Å². The zero-order valence-electron chi connectivity index (χ0n) is 14.6. The Morgan fingerprint density at radius 2 is 1.65 bits per heavy atom. The first-order valence-electron chi connectivity index (χ1n) is 8.27. The molecule has 0 aromatic heterocycles. The highest BCUT2D eigenvalue weighted by molar-refractivity contribution is 4.76. The van der Waals surface area contributed by atoms with Crippen LogP contribution in [0.25, 0.3) is 0 Å². The largest absolute Gasteiger partial charge is 0.375 e. The van der Waals surface area contributed by atoms with Crippen LogP contribution in [-0.4, -0.2) is 48.8 Å². The molecule has 0 aliphatic carbocycles. The van der Waals surface area contributed by atoms with E-state index in [1.807, 2.05) is 0 Å². The third-order valence-electron chi connectivity index (χ3n) is 3.86. The lowest BCUT2D eigenvalue weighted by molar-refractivity contribution is -0.0163. The van der Waals surface area contributed by atoms with E-state index in [4.69, 9.17) is 4.74 Å². The Morgan fingerprint density at radius 1 is 1.05 bits per heavy atom. The van der Waals surface area contributed by atoms with E-state index in [0.29, 0.717) is 0 Å². The van der Waals surface area contributed by atoms with Gasteiger partial charge in [-0.05, 0) is 86.4 Å². The number of nitrogens with zero attached hydrogens (tertiary/aromatic N) is 1. The van der Waals surface area contributed by atoms with Crippen molar-refractivity contribution in [3.05, 3.63) is 0 Å². The second-order valence-corrected chi connectivity index (χ2v) is 8.21. The van der Waals surface area contributed by atoms with E-state index < -0.39 is 0 Å². The smallest absolute Gasteiger partial charge is 0.0600 e. The fourth-order valence-electron chi connectivity index (χ4n) is 2.63. The van der Waals surface area contributed by atoms with Crippen LogP contribution in [0.2, 0.25) is 0 Å². The summed E-state index contributed by atoms with van der Waals surface area (Å²) in [5.41, 5.74) is 0.252. The Hall–Kier alpha value is -0.120. The normalized spacial score (nSPS) is 19.5. The summed E-state index contributed by atoms with van der Waals surface area (Å²) < 4.78 is 5.81. The zero-order valence-corrected chi connectivity index (χ0v) is 14.6. The predicted molar refractivity (Wildman–Crippen MR) is 87.2 cm³/mol. The molecule has 1 fully saturated rings. The van der Waals surface area contributed by atoms with Gasteiger partial charge in [0.15, 0.2) is 0 Å². The van der Waals surface area contributed by atoms with Gasteiger partial charge in [-0.1, -0.05) is 0 Å². The number of hydrogen-bond acceptors (Lipinski definition) is 3. The maximum absolute atomic E-state index is 5.81. The predicted octanol–water partition coefficient (Wildman–Crippen LogP) is 3.29. The van der Waals surface area contributed by atoms with Crippen LogP contribution in [0.4, 0.5) is 0 Å². The van der Waals surface area contributed by atoms with Crippen molar-refractivity contribution in [3.63, 3.8) is 0 Å². The molecule has 0 atom stereocenters. The Labute approximate surface area is 126 Å².